The third kappa shape index (κ3) is 3.68. The van der Waals surface area contributed by atoms with Crippen molar-refractivity contribution in [3.63, 3.8) is 0 Å². The zero-order valence-corrected chi connectivity index (χ0v) is 11.4. The highest BCUT2D eigenvalue weighted by molar-refractivity contribution is 5.41. The van der Waals surface area contributed by atoms with Crippen molar-refractivity contribution in [2.45, 2.75) is 26.3 Å². The van der Waals surface area contributed by atoms with Gasteiger partial charge < -0.3 is 15.4 Å². The first-order valence-electron chi connectivity index (χ1n) is 5.85. The van der Waals surface area contributed by atoms with E-state index in [1.54, 1.807) is 7.11 Å². The molecule has 1 atom stereocenters. The maximum atomic E-state index is 6.08. The van der Waals surface area contributed by atoms with Crippen LogP contribution in [-0.2, 0) is 6.42 Å². The Morgan fingerprint density at radius 1 is 1.41 bits per heavy atom. The molecule has 1 aromatic rings. The normalized spacial score (nSPS) is 12.9. The van der Waals surface area contributed by atoms with Crippen molar-refractivity contribution in [1.82, 2.24) is 9.88 Å². The van der Waals surface area contributed by atoms with Gasteiger partial charge in [0.25, 0.3) is 0 Å². The molecule has 0 aliphatic rings. The highest BCUT2D eigenvalue weighted by Crippen LogP contribution is 2.24. The molecule has 0 aliphatic heterocycles. The average molecular weight is 237 g/mol. The van der Waals surface area contributed by atoms with Crippen LogP contribution in [0.25, 0.3) is 0 Å². The molecule has 0 fully saturated rings. The van der Waals surface area contributed by atoms with Gasteiger partial charge in [0.05, 0.1) is 7.11 Å². The van der Waals surface area contributed by atoms with Gasteiger partial charge in [-0.1, -0.05) is 0 Å². The summed E-state index contributed by atoms with van der Waals surface area (Å²) >= 11 is 0. The number of hydrogen-bond acceptors (Lipinski definition) is 4. The largest absolute Gasteiger partial charge is 0.496 e. The molecule has 4 heteroatoms. The van der Waals surface area contributed by atoms with Gasteiger partial charge in [0, 0.05) is 42.0 Å². The summed E-state index contributed by atoms with van der Waals surface area (Å²) in [7, 11) is 5.74. The van der Waals surface area contributed by atoms with Crippen LogP contribution < -0.4 is 10.5 Å². The highest BCUT2D eigenvalue weighted by atomic mass is 16.5. The van der Waals surface area contributed by atoms with Gasteiger partial charge in [-0.15, -0.1) is 0 Å². The lowest BCUT2D eigenvalue weighted by Gasteiger charge is -2.18. The fourth-order valence-electron chi connectivity index (χ4n) is 2.06. The van der Waals surface area contributed by atoms with E-state index in [2.05, 4.69) is 9.88 Å². The quantitative estimate of drug-likeness (QED) is 0.834. The molecular formula is C13H23N3O. The Labute approximate surface area is 104 Å². The Bertz CT molecular complexity index is 377. The van der Waals surface area contributed by atoms with Crippen molar-refractivity contribution in [1.29, 1.82) is 0 Å². The second-order valence-electron chi connectivity index (χ2n) is 4.77. The molecule has 4 nitrogen and oxygen atoms in total. The predicted molar refractivity (Wildman–Crippen MR) is 70.5 cm³/mol. The molecule has 2 N–H and O–H groups in total. The van der Waals surface area contributed by atoms with Crippen LogP contribution in [0.4, 0.5) is 0 Å². The molecule has 0 spiro atoms. The molecule has 1 rings (SSSR count). The van der Waals surface area contributed by atoms with E-state index in [0.717, 1.165) is 35.5 Å². The molecule has 0 bridgehead atoms. The van der Waals surface area contributed by atoms with Crippen molar-refractivity contribution < 1.29 is 4.74 Å². The Kier molecular flexibility index (Phi) is 4.90. The molecule has 96 valence electrons. The fourth-order valence-corrected chi connectivity index (χ4v) is 2.06. The molecule has 1 heterocycles. The monoisotopic (exact) mass is 237 g/mol. The van der Waals surface area contributed by atoms with Gasteiger partial charge in [-0.3, -0.25) is 4.98 Å². The minimum Gasteiger partial charge on any atom is -0.496 e. The average Bonchev–Trinajstić information content (AvgIpc) is 2.22. The zero-order valence-electron chi connectivity index (χ0n) is 11.4. The smallest absolute Gasteiger partial charge is 0.128 e. The molecule has 17 heavy (non-hydrogen) atoms. The lowest BCUT2D eigenvalue weighted by molar-refractivity contribution is 0.369. The first kappa shape index (κ1) is 13.9. The van der Waals surface area contributed by atoms with Gasteiger partial charge in [0.2, 0.25) is 0 Å². The van der Waals surface area contributed by atoms with Crippen LogP contribution in [0.5, 0.6) is 5.75 Å². The molecule has 0 saturated carbocycles. The number of aryl methyl sites for hydroxylation is 1. The highest BCUT2D eigenvalue weighted by Gasteiger charge is 2.13. The van der Waals surface area contributed by atoms with Crippen LogP contribution in [0.3, 0.4) is 0 Å². The number of aromatic nitrogens is 1. The predicted octanol–water partition coefficient (Wildman–Crippen LogP) is 1.14. The maximum absolute atomic E-state index is 6.08. The van der Waals surface area contributed by atoms with E-state index in [0.29, 0.717) is 0 Å². The Balaban J connectivity index is 2.85. The first-order chi connectivity index (χ1) is 7.95. The molecular weight excluding hydrogens is 214 g/mol. The summed E-state index contributed by atoms with van der Waals surface area (Å²) < 4.78 is 5.39. The molecule has 1 unspecified atom stereocenters. The van der Waals surface area contributed by atoms with E-state index in [1.807, 2.05) is 34.1 Å². The van der Waals surface area contributed by atoms with Crippen LogP contribution in [0.2, 0.25) is 0 Å². The van der Waals surface area contributed by atoms with Gasteiger partial charge in [0.1, 0.15) is 5.75 Å². The molecule has 0 radical (unpaired) electrons. The number of nitrogens with two attached hydrogens (primary N) is 1. The van der Waals surface area contributed by atoms with Crippen LogP contribution in [0, 0.1) is 13.8 Å². The molecule has 1 aromatic heterocycles. The SMILES string of the molecule is COc1c(C)cnc(CC(N)CN(C)C)c1C. The molecule has 0 amide bonds. The van der Waals surface area contributed by atoms with Gasteiger partial charge in [-0.2, -0.15) is 0 Å². The van der Waals surface area contributed by atoms with E-state index < -0.39 is 0 Å². The summed E-state index contributed by atoms with van der Waals surface area (Å²) in [6.07, 6.45) is 2.63. The van der Waals surface area contributed by atoms with E-state index >= 15 is 0 Å². The summed E-state index contributed by atoms with van der Waals surface area (Å²) in [5.41, 5.74) is 9.28. The number of hydrogen-bond donors (Lipinski definition) is 1. The van der Waals surface area contributed by atoms with E-state index in [1.165, 1.54) is 0 Å². The Morgan fingerprint density at radius 2 is 2.06 bits per heavy atom. The summed E-state index contributed by atoms with van der Waals surface area (Å²) in [5, 5.41) is 0. The third-order valence-electron chi connectivity index (χ3n) is 2.80. The number of likely N-dealkylation sites (N-methyl/N-ethyl adjacent to an activating group) is 1. The van der Waals surface area contributed by atoms with Crippen molar-refractivity contribution >= 4 is 0 Å². The third-order valence-corrected chi connectivity index (χ3v) is 2.80. The Morgan fingerprint density at radius 3 is 2.59 bits per heavy atom. The van der Waals surface area contributed by atoms with Crippen LogP contribution >= 0.6 is 0 Å². The summed E-state index contributed by atoms with van der Waals surface area (Å²) in [6, 6.07) is 0.101. The number of nitrogens with zero attached hydrogens (tertiary/aromatic N) is 2. The molecule has 0 saturated heterocycles. The number of pyridine rings is 1. The fraction of sp³-hybridized carbons (Fsp3) is 0.615. The zero-order chi connectivity index (χ0) is 13.0. The standard InChI is InChI=1S/C13H23N3O/c1-9-7-15-12(10(2)13(9)17-5)6-11(14)8-16(3)4/h7,11H,6,8,14H2,1-5H3. The van der Waals surface area contributed by atoms with E-state index in [4.69, 9.17) is 10.5 Å². The minimum absolute atomic E-state index is 0.101. The van der Waals surface area contributed by atoms with Gasteiger partial charge in [-0.25, -0.2) is 0 Å². The van der Waals surface area contributed by atoms with Gasteiger partial charge >= 0.3 is 0 Å². The molecule has 0 aliphatic carbocycles. The number of ether oxygens (including phenoxy) is 1. The Hall–Kier alpha value is -1.13. The second-order valence-corrected chi connectivity index (χ2v) is 4.77. The van der Waals surface area contributed by atoms with Crippen molar-refractivity contribution in [3.8, 4) is 5.75 Å². The number of rotatable bonds is 5. The number of methoxy groups -OCH3 is 1. The van der Waals surface area contributed by atoms with Crippen LogP contribution in [0.15, 0.2) is 6.20 Å². The van der Waals surface area contributed by atoms with E-state index in [9.17, 15) is 0 Å². The van der Waals surface area contributed by atoms with Crippen molar-refractivity contribution in [2.75, 3.05) is 27.7 Å². The van der Waals surface area contributed by atoms with Crippen LogP contribution in [0.1, 0.15) is 16.8 Å². The minimum atomic E-state index is 0.101. The topological polar surface area (TPSA) is 51.4 Å². The van der Waals surface area contributed by atoms with Crippen LogP contribution in [-0.4, -0.2) is 43.7 Å². The van der Waals surface area contributed by atoms with Gasteiger partial charge in [-0.05, 0) is 27.9 Å². The summed E-state index contributed by atoms with van der Waals surface area (Å²) in [5.74, 6) is 0.923. The first-order valence-corrected chi connectivity index (χ1v) is 5.85. The molecule has 0 aromatic carbocycles. The lowest BCUT2D eigenvalue weighted by atomic mass is 10.0. The summed E-state index contributed by atoms with van der Waals surface area (Å²) in [4.78, 5) is 6.54. The van der Waals surface area contributed by atoms with Crippen molar-refractivity contribution in [3.05, 3.63) is 23.0 Å². The second kappa shape index (κ2) is 5.98. The van der Waals surface area contributed by atoms with E-state index in [-0.39, 0.29) is 6.04 Å². The summed E-state index contributed by atoms with van der Waals surface area (Å²) in [6.45, 7) is 4.90. The maximum Gasteiger partial charge on any atom is 0.128 e. The van der Waals surface area contributed by atoms with Crippen molar-refractivity contribution in [2.24, 2.45) is 5.73 Å². The van der Waals surface area contributed by atoms with Gasteiger partial charge in [0.15, 0.2) is 0 Å². The lowest BCUT2D eigenvalue weighted by Crippen LogP contribution is -2.35.